The van der Waals surface area contributed by atoms with Crippen LogP contribution < -0.4 is 10.2 Å². The third-order valence-corrected chi connectivity index (χ3v) is 6.51. The molecule has 0 aromatic carbocycles. The fourth-order valence-electron chi connectivity index (χ4n) is 4.38. The van der Waals surface area contributed by atoms with Crippen LogP contribution in [0.4, 0.5) is 5.82 Å². The Morgan fingerprint density at radius 3 is 2.45 bits per heavy atom. The lowest BCUT2D eigenvalue weighted by molar-refractivity contribution is -0.123. The summed E-state index contributed by atoms with van der Waals surface area (Å²) in [4.78, 5) is 22.9. The molecule has 40 heavy (non-hydrogen) atoms. The lowest BCUT2D eigenvalue weighted by Gasteiger charge is -2.40. The monoisotopic (exact) mass is 582 g/mol. The van der Waals surface area contributed by atoms with Gasteiger partial charge in [-0.25, -0.2) is 4.68 Å². The summed E-state index contributed by atoms with van der Waals surface area (Å²) in [6.45, 7) is 4.08. The number of ether oxygens (including phenoxy) is 5. The molecule has 0 unspecified atom stereocenters. The van der Waals surface area contributed by atoms with Gasteiger partial charge in [0.05, 0.1) is 76.6 Å². The van der Waals surface area contributed by atoms with E-state index in [9.17, 15) is 15.0 Å². The zero-order valence-corrected chi connectivity index (χ0v) is 22.9. The second kappa shape index (κ2) is 15.4. The molecule has 2 aromatic rings. The van der Waals surface area contributed by atoms with Crippen LogP contribution in [0.25, 0.3) is 11.0 Å². The van der Waals surface area contributed by atoms with Crippen molar-refractivity contribution >= 4 is 34.4 Å². The van der Waals surface area contributed by atoms with Crippen LogP contribution in [-0.4, -0.2) is 127 Å². The topological polar surface area (TPSA) is 163 Å². The second-order valence-corrected chi connectivity index (χ2v) is 9.63. The maximum Gasteiger partial charge on any atom is 0.226 e. The number of nitrogens with zero attached hydrogens (tertiary/aromatic N) is 5. The molecule has 2 saturated heterocycles. The molecule has 2 aliphatic heterocycles. The quantitative estimate of drug-likeness (QED) is 0.125. The highest BCUT2D eigenvalue weighted by molar-refractivity contribution is 6.28. The molecule has 0 radical (unpaired) electrons. The molecule has 14 nitrogen and oxygen atoms in total. The van der Waals surface area contributed by atoms with Crippen molar-refractivity contribution in [1.82, 2.24) is 25.1 Å². The van der Waals surface area contributed by atoms with Crippen molar-refractivity contribution in [1.29, 1.82) is 0 Å². The summed E-state index contributed by atoms with van der Waals surface area (Å²) >= 11 is 6.20. The summed E-state index contributed by atoms with van der Waals surface area (Å²) in [6, 6.07) is -0.0445. The maximum absolute atomic E-state index is 12.3. The number of aliphatic hydroxyl groups excluding tert-OH is 2. The van der Waals surface area contributed by atoms with Crippen molar-refractivity contribution in [3.63, 3.8) is 0 Å². The van der Waals surface area contributed by atoms with Gasteiger partial charge in [-0.15, -0.1) is 6.42 Å². The zero-order valence-electron chi connectivity index (χ0n) is 22.1. The number of carbonyl (C=O) groups is 1. The first-order valence-corrected chi connectivity index (χ1v) is 13.5. The molecule has 0 spiro atoms. The van der Waals surface area contributed by atoms with Crippen LogP contribution in [0.1, 0.15) is 19.1 Å². The van der Waals surface area contributed by atoms with Crippen LogP contribution in [0.5, 0.6) is 0 Å². The number of anilines is 1. The van der Waals surface area contributed by atoms with E-state index in [0.29, 0.717) is 82.6 Å². The van der Waals surface area contributed by atoms with Gasteiger partial charge in [0, 0.05) is 25.9 Å². The molecule has 4 heterocycles. The van der Waals surface area contributed by atoms with Crippen molar-refractivity contribution in [2.24, 2.45) is 0 Å². The molecule has 3 N–H and O–H groups in total. The first kappa shape index (κ1) is 30.4. The predicted octanol–water partition coefficient (Wildman–Crippen LogP) is -0.485. The van der Waals surface area contributed by atoms with E-state index in [4.69, 9.17) is 41.7 Å². The number of halogens is 1. The number of fused-ring (bicyclic) bond motifs is 1. The number of rotatable bonds is 17. The Kier molecular flexibility index (Phi) is 11.7. The Morgan fingerprint density at radius 1 is 1.12 bits per heavy atom. The van der Waals surface area contributed by atoms with Gasteiger partial charge < -0.3 is 44.1 Å². The number of terminal acetylenes is 1. The fourth-order valence-corrected chi connectivity index (χ4v) is 4.54. The van der Waals surface area contributed by atoms with Crippen LogP contribution in [-0.2, 0) is 28.5 Å². The minimum atomic E-state index is -0.840. The molecular formula is C25H35ClN6O8. The van der Waals surface area contributed by atoms with Crippen LogP contribution >= 0.6 is 11.6 Å². The molecule has 0 bridgehead atoms. The maximum atomic E-state index is 12.3. The zero-order chi connectivity index (χ0) is 28.3. The molecule has 2 aliphatic rings. The summed E-state index contributed by atoms with van der Waals surface area (Å²) in [5, 5.41) is 27.7. The molecule has 0 aliphatic carbocycles. The lowest BCUT2D eigenvalue weighted by atomic mass is 10.1. The number of aliphatic hydroxyl groups is 2. The molecule has 1 amide bonds. The van der Waals surface area contributed by atoms with Gasteiger partial charge in [0.25, 0.3) is 0 Å². The molecule has 220 valence electrons. The highest BCUT2D eigenvalue weighted by Crippen LogP contribution is 2.34. The minimum absolute atomic E-state index is 0.0299. The lowest BCUT2D eigenvalue weighted by Crippen LogP contribution is -2.59. The Morgan fingerprint density at radius 2 is 1.80 bits per heavy atom. The van der Waals surface area contributed by atoms with E-state index in [-0.39, 0.29) is 36.9 Å². The Labute approximate surface area is 236 Å². The van der Waals surface area contributed by atoms with Crippen LogP contribution in [0, 0.1) is 12.3 Å². The van der Waals surface area contributed by atoms with Crippen molar-refractivity contribution in [3.05, 3.63) is 11.5 Å². The predicted molar refractivity (Wildman–Crippen MR) is 143 cm³/mol. The van der Waals surface area contributed by atoms with Gasteiger partial charge in [0.2, 0.25) is 11.2 Å². The summed E-state index contributed by atoms with van der Waals surface area (Å²) in [5.41, 5.74) is 0.421. The molecule has 4 rings (SSSR count). The number of nitrogens with one attached hydrogen (secondary N) is 1. The van der Waals surface area contributed by atoms with Crippen molar-refractivity contribution < 1.29 is 38.7 Å². The largest absolute Gasteiger partial charge is 0.394 e. The average molecular weight is 583 g/mol. The average Bonchev–Trinajstić information content (AvgIpc) is 3.50. The summed E-state index contributed by atoms with van der Waals surface area (Å²) in [7, 11) is 0. The highest BCUT2D eigenvalue weighted by Gasteiger charge is 2.37. The minimum Gasteiger partial charge on any atom is -0.394 e. The second-order valence-electron chi connectivity index (χ2n) is 9.29. The van der Waals surface area contributed by atoms with Gasteiger partial charge in [-0.2, -0.15) is 15.1 Å². The van der Waals surface area contributed by atoms with E-state index in [1.54, 1.807) is 6.20 Å². The number of carbonyl (C=O) groups excluding carboxylic acids is 1. The molecule has 3 atom stereocenters. The van der Waals surface area contributed by atoms with Crippen molar-refractivity contribution in [2.75, 3.05) is 77.5 Å². The van der Waals surface area contributed by atoms with Gasteiger partial charge in [0.15, 0.2) is 11.9 Å². The van der Waals surface area contributed by atoms with Crippen molar-refractivity contribution in [3.8, 4) is 12.3 Å². The molecule has 2 fully saturated rings. The Hall–Kier alpha value is -2.61. The normalized spacial score (nSPS) is 21.1. The standard InChI is InChI=1S/C25H35ClN6O8/c1-2-4-36-6-8-38-10-11-39-9-7-37-5-3-21(35)28-17-14-31(15-17)22-19-13-27-32(23(19)30-25(26)29-22)24-20(34)12-18(16-33)40-24/h1,13,17-18,20,24,33-34H,3-12,14-16H2,(H,28,35)/t18-,20+,24+/m0/s1. The molecule has 15 heteroatoms. The van der Waals surface area contributed by atoms with Crippen LogP contribution in [0.15, 0.2) is 6.20 Å². The van der Waals surface area contributed by atoms with E-state index < -0.39 is 18.4 Å². The van der Waals surface area contributed by atoms with E-state index in [0.717, 1.165) is 0 Å². The van der Waals surface area contributed by atoms with Crippen LogP contribution in [0.2, 0.25) is 5.28 Å². The van der Waals surface area contributed by atoms with Gasteiger partial charge >= 0.3 is 0 Å². The number of hydrogen-bond acceptors (Lipinski definition) is 12. The Balaban J connectivity index is 1.12. The van der Waals surface area contributed by atoms with E-state index in [1.807, 2.05) is 4.90 Å². The van der Waals surface area contributed by atoms with E-state index in [2.05, 4.69) is 26.3 Å². The van der Waals surface area contributed by atoms with E-state index >= 15 is 0 Å². The number of amides is 1. The number of hydrogen-bond donors (Lipinski definition) is 3. The number of aromatic nitrogens is 4. The highest BCUT2D eigenvalue weighted by atomic mass is 35.5. The van der Waals surface area contributed by atoms with Crippen LogP contribution in [0.3, 0.4) is 0 Å². The van der Waals surface area contributed by atoms with Crippen molar-refractivity contribution in [2.45, 2.75) is 37.3 Å². The third-order valence-electron chi connectivity index (χ3n) is 6.34. The molecule has 2 aromatic heterocycles. The third kappa shape index (κ3) is 8.21. The summed E-state index contributed by atoms with van der Waals surface area (Å²) in [6.07, 6.45) is 5.12. The first-order chi connectivity index (χ1) is 19.5. The fraction of sp³-hybridized carbons (Fsp3) is 0.680. The first-order valence-electron chi connectivity index (χ1n) is 13.1. The summed E-state index contributed by atoms with van der Waals surface area (Å²) in [5.74, 6) is 2.87. The SMILES string of the molecule is C#CCOCCOCCOCCOCCC(=O)NC1CN(c2nc(Cl)nc3c2cnn3[C@@H]2O[C@H](CO)C[C@H]2O)C1. The van der Waals surface area contributed by atoms with Gasteiger partial charge in [-0.1, -0.05) is 5.92 Å². The Bertz CT molecular complexity index is 1140. The van der Waals surface area contributed by atoms with E-state index in [1.165, 1.54) is 4.68 Å². The molecular weight excluding hydrogens is 548 g/mol. The smallest absolute Gasteiger partial charge is 0.226 e. The summed E-state index contributed by atoms with van der Waals surface area (Å²) < 4.78 is 28.5. The molecule has 0 saturated carbocycles. The van der Waals surface area contributed by atoms with Gasteiger partial charge in [-0.3, -0.25) is 4.79 Å². The van der Waals surface area contributed by atoms with Gasteiger partial charge in [0.1, 0.15) is 18.5 Å². The van der Waals surface area contributed by atoms with Gasteiger partial charge in [-0.05, 0) is 11.6 Å².